The Morgan fingerprint density at radius 3 is 2.43 bits per heavy atom. The van der Waals surface area contributed by atoms with Crippen molar-refractivity contribution in [3.8, 4) is 0 Å². The molecule has 1 N–H and O–H groups in total. The minimum absolute atomic E-state index is 0.153. The number of nitrogens with one attached hydrogen (secondary N) is 1. The van der Waals surface area contributed by atoms with Crippen LogP contribution in [0.25, 0.3) is 0 Å². The fraction of sp³-hybridized carbons (Fsp3) is 0.682. The zero-order chi connectivity index (χ0) is 20.5. The maximum atomic E-state index is 13.1. The monoisotopic (exact) mass is 406 g/mol. The average molecular weight is 407 g/mol. The van der Waals surface area contributed by atoms with Gasteiger partial charge in [0.15, 0.2) is 0 Å². The fourth-order valence-corrected chi connectivity index (χ4v) is 6.51. The van der Waals surface area contributed by atoms with Gasteiger partial charge in [0.2, 0.25) is 10.0 Å². The summed E-state index contributed by atoms with van der Waals surface area (Å²) in [6.07, 6.45) is 4.36. The first-order chi connectivity index (χ1) is 13.2. The minimum Gasteiger partial charge on any atom is -0.349 e. The highest BCUT2D eigenvalue weighted by molar-refractivity contribution is 7.89. The molecule has 1 aliphatic heterocycles. The average Bonchev–Trinajstić information content (AvgIpc) is 2.64. The van der Waals surface area contributed by atoms with Gasteiger partial charge in [-0.2, -0.15) is 4.31 Å². The second-order valence-electron chi connectivity index (χ2n) is 9.14. The van der Waals surface area contributed by atoms with E-state index in [2.05, 4.69) is 33.0 Å². The van der Waals surface area contributed by atoms with E-state index in [1.165, 1.54) is 12.5 Å². The largest absolute Gasteiger partial charge is 0.349 e. The third-order valence-corrected chi connectivity index (χ3v) is 8.42. The summed E-state index contributed by atoms with van der Waals surface area (Å²) in [6.45, 7) is 9.69. The number of sulfonamides is 1. The second-order valence-corrected chi connectivity index (χ2v) is 11.1. The van der Waals surface area contributed by atoms with Crippen molar-refractivity contribution in [1.29, 1.82) is 0 Å². The molecule has 1 heterocycles. The van der Waals surface area contributed by atoms with Crippen molar-refractivity contribution in [2.45, 2.75) is 64.3 Å². The third kappa shape index (κ3) is 4.60. The van der Waals surface area contributed by atoms with Crippen LogP contribution in [0.4, 0.5) is 0 Å². The Balaban J connectivity index is 1.77. The summed E-state index contributed by atoms with van der Waals surface area (Å²) >= 11 is 0. The van der Waals surface area contributed by atoms with Gasteiger partial charge in [0, 0.05) is 24.7 Å². The maximum Gasteiger partial charge on any atom is 0.251 e. The molecule has 3 rings (SSSR count). The molecule has 28 heavy (non-hydrogen) atoms. The van der Waals surface area contributed by atoms with Crippen molar-refractivity contribution in [2.24, 2.45) is 23.7 Å². The lowest BCUT2D eigenvalue weighted by molar-refractivity contribution is 0.0891. The van der Waals surface area contributed by atoms with Gasteiger partial charge in [0.25, 0.3) is 5.91 Å². The first kappa shape index (κ1) is 21.3. The van der Waals surface area contributed by atoms with Gasteiger partial charge in [0.1, 0.15) is 0 Å². The summed E-state index contributed by atoms with van der Waals surface area (Å²) in [7, 11) is -3.58. The summed E-state index contributed by atoms with van der Waals surface area (Å²) in [6, 6.07) is 6.66. The number of nitrogens with zero attached hydrogens (tertiary/aromatic N) is 1. The molecule has 1 saturated carbocycles. The lowest BCUT2D eigenvalue weighted by Crippen LogP contribution is -2.44. The van der Waals surface area contributed by atoms with Crippen LogP contribution in [0.15, 0.2) is 29.2 Å². The van der Waals surface area contributed by atoms with Crippen LogP contribution in [0.3, 0.4) is 0 Å². The molecule has 1 amide bonds. The molecule has 0 spiro atoms. The molecule has 0 aromatic heterocycles. The molecule has 6 heteroatoms. The summed E-state index contributed by atoms with van der Waals surface area (Å²) in [5.41, 5.74) is 0.421. The zero-order valence-electron chi connectivity index (χ0n) is 17.5. The first-order valence-electron chi connectivity index (χ1n) is 10.6. The molecule has 1 aromatic carbocycles. The van der Waals surface area contributed by atoms with E-state index >= 15 is 0 Å². The van der Waals surface area contributed by atoms with Gasteiger partial charge in [-0.3, -0.25) is 4.79 Å². The lowest BCUT2D eigenvalue weighted by atomic mass is 9.78. The van der Waals surface area contributed by atoms with Crippen LogP contribution in [0.2, 0.25) is 0 Å². The van der Waals surface area contributed by atoms with Crippen LogP contribution < -0.4 is 5.32 Å². The Morgan fingerprint density at radius 2 is 1.75 bits per heavy atom. The number of hydrogen-bond donors (Lipinski definition) is 1. The summed E-state index contributed by atoms with van der Waals surface area (Å²) in [5, 5.41) is 3.14. The van der Waals surface area contributed by atoms with Crippen LogP contribution in [-0.4, -0.2) is 37.8 Å². The maximum absolute atomic E-state index is 13.1. The summed E-state index contributed by atoms with van der Waals surface area (Å²) in [4.78, 5) is 13.0. The van der Waals surface area contributed by atoms with Crippen molar-refractivity contribution >= 4 is 15.9 Å². The van der Waals surface area contributed by atoms with Crippen LogP contribution in [0.1, 0.15) is 63.7 Å². The Kier molecular flexibility index (Phi) is 6.50. The summed E-state index contributed by atoms with van der Waals surface area (Å²) < 4.78 is 27.8. The van der Waals surface area contributed by atoms with Gasteiger partial charge in [-0.25, -0.2) is 8.42 Å². The van der Waals surface area contributed by atoms with Gasteiger partial charge >= 0.3 is 0 Å². The molecular formula is C22H34N2O3S. The predicted molar refractivity (Wildman–Crippen MR) is 112 cm³/mol. The number of rotatable bonds is 4. The van der Waals surface area contributed by atoms with Crippen molar-refractivity contribution < 1.29 is 13.2 Å². The number of amides is 1. The highest BCUT2D eigenvalue weighted by Gasteiger charge is 2.32. The predicted octanol–water partition coefficient (Wildman–Crippen LogP) is 3.91. The van der Waals surface area contributed by atoms with Gasteiger partial charge < -0.3 is 5.32 Å². The summed E-state index contributed by atoms with van der Waals surface area (Å²) in [5.74, 6) is 1.54. The van der Waals surface area contributed by atoms with E-state index in [0.717, 1.165) is 19.3 Å². The fourth-order valence-electron chi connectivity index (χ4n) is 4.79. The van der Waals surface area contributed by atoms with E-state index in [4.69, 9.17) is 0 Å². The third-order valence-electron chi connectivity index (χ3n) is 6.59. The molecule has 0 radical (unpaired) electrons. The molecule has 1 aliphatic carbocycles. The number of hydrogen-bond acceptors (Lipinski definition) is 3. The Hall–Kier alpha value is -1.40. The van der Waals surface area contributed by atoms with E-state index in [1.54, 1.807) is 22.5 Å². The van der Waals surface area contributed by atoms with Gasteiger partial charge in [-0.1, -0.05) is 46.6 Å². The van der Waals surface area contributed by atoms with Crippen LogP contribution in [-0.2, 0) is 10.0 Å². The number of benzene rings is 1. The number of piperidine rings is 1. The molecule has 156 valence electrons. The second kappa shape index (κ2) is 8.54. The molecule has 2 aliphatic rings. The molecule has 5 nitrogen and oxygen atoms in total. The van der Waals surface area contributed by atoms with E-state index in [1.807, 2.05) is 0 Å². The highest BCUT2D eigenvalue weighted by Crippen LogP contribution is 2.30. The first-order valence-corrected chi connectivity index (χ1v) is 12.0. The molecule has 1 saturated heterocycles. The van der Waals surface area contributed by atoms with Crippen LogP contribution >= 0.6 is 0 Å². The quantitative estimate of drug-likeness (QED) is 0.824. The molecule has 5 atom stereocenters. The van der Waals surface area contributed by atoms with Gasteiger partial charge in [-0.05, 0) is 54.7 Å². The van der Waals surface area contributed by atoms with Crippen molar-refractivity contribution in [3.05, 3.63) is 29.8 Å². The zero-order valence-corrected chi connectivity index (χ0v) is 18.3. The molecule has 5 unspecified atom stereocenters. The van der Waals surface area contributed by atoms with Gasteiger partial charge in [-0.15, -0.1) is 0 Å². The van der Waals surface area contributed by atoms with Gasteiger partial charge in [0.05, 0.1) is 4.90 Å². The normalized spacial score (nSPS) is 32.1. The molecule has 1 aromatic rings. The topological polar surface area (TPSA) is 66.5 Å². The number of carbonyl (C=O) groups is 1. The molecule has 2 fully saturated rings. The Bertz CT molecular complexity index is 798. The molecular weight excluding hydrogens is 372 g/mol. The SMILES string of the molecule is CC1CC(C)CN(S(=O)(=O)c2cccc(C(=O)NC3CCCC(C)C3C)c2)C1. The highest BCUT2D eigenvalue weighted by atomic mass is 32.2. The molecule has 0 bridgehead atoms. The minimum atomic E-state index is -3.58. The van der Waals surface area contributed by atoms with Crippen LogP contribution in [0.5, 0.6) is 0 Å². The lowest BCUT2D eigenvalue weighted by Gasteiger charge is -2.35. The number of carbonyl (C=O) groups excluding carboxylic acids is 1. The Labute approximate surface area is 169 Å². The van der Waals surface area contributed by atoms with E-state index < -0.39 is 10.0 Å². The van der Waals surface area contributed by atoms with E-state index in [0.29, 0.717) is 42.3 Å². The van der Waals surface area contributed by atoms with Crippen LogP contribution in [0, 0.1) is 23.7 Å². The van der Waals surface area contributed by atoms with E-state index in [9.17, 15) is 13.2 Å². The Morgan fingerprint density at radius 1 is 1.07 bits per heavy atom. The van der Waals surface area contributed by atoms with Crippen molar-refractivity contribution in [1.82, 2.24) is 9.62 Å². The van der Waals surface area contributed by atoms with Crippen molar-refractivity contribution in [2.75, 3.05) is 13.1 Å². The standard InChI is InChI=1S/C22H34N2O3S/c1-15-11-16(2)14-24(13-15)28(26,27)20-9-6-8-19(12-20)22(25)23-21-10-5-7-17(3)18(21)4/h6,8-9,12,15-18,21H,5,7,10-11,13-14H2,1-4H3,(H,23,25). The van der Waals surface area contributed by atoms with Crippen molar-refractivity contribution in [3.63, 3.8) is 0 Å². The smallest absolute Gasteiger partial charge is 0.251 e. The van der Waals surface area contributed by atoms with E-state index in [-0.39, 0.29) is 16.8 Å².